The van der Waals surface area contributed by atoms with Gasteiger partial charge in [-0.3, -0.25) is 0 Å². The van der Waals surface area contributed by atoms with E-state index in [0.29, 0.717) is 37.6 Å². The van der Waals surface area contributed by atoms with Crippen molar-refractivity contribution in [3.05, 3.63) is 29.6 Å². The van der Waals surface area contributed by atoms with Crippen LogP contribution < -0.4 is 4.74 Å². The summed E-state index contributed by atoms with van der Waals surface area (Å²) >= 11 is 0. The van der Waals surface area contributed by atoms with Gasteiger partial charge in [0.1, 0.15) is 18.2 Å². The average Bonchev–Trinajstić information content (AvgIpc) is 2.38. The summed E-state index contributed by atoms with van der Waals surface area (Å²) in [5.74, 6) is 5.57. The summed E-state index contributed by atoms with van der Waals surface area (Å²) in [4.78, 5) is 0. The molecule has 0 aliphatic rings. The molecule has 0 aliphatic heterocycles. The lowest BCUT2D eigenvalue weighted by atomic mass is 10.2. The van der Waals surface area contributed by atoms with E-state index in [9.17, 15) is 4.39 Å². The Hall–Kier alpha value is -1.57. The molecule has 0 amide bonds. The molecule has 0 saturated carbocycles. The van der Waals surface area contributed by atoms with E-state index >= 15 is 0 Å². The molecule has 0 radical (unpaired) electrons. The van der Waals surface area contributed by atoms with Crippen LogP contribution in [0.4, 0.5) is 4.39 Å². The number of rotatable bonds is 7. The minimum absolute atomic E-state index is 0.000437. The highest BCUT2D eigenvalue weighted by Crippen LogP contribution is 2.15. The molecule has 0 bridgehead atoms. The van der Waals surface area contributed by atoms with E-state index in [4.69, 9.17) is 14.6 Å². The lowest BCUT2D eigenvalue weighted by Crippen LogP contribution is -2.07. The predicted octanol–water partition coefficient (Wildman–Crippen LogP) is 2.37. The molecule has 0 spiro atoms. The van der Waals surface area contributed by atoms with Crippen molar-refractivity contribution in [2.24, 2.45) is 0 Å². The van der Waals surface area contributed by atoms with Crippen molar-refractivity contribution >= 4 is 0 Å². The monoisotopic (exact) mass is 266 g/mol. The highest BCUT2D eigenvalue weighted by Gasteiger charge is 2.00. The van der Waals surface area contributed by atoms with Crippen LogP contribution in [0.5, 0.6) is 5.75 Å². The molecule has 1 N–H and O–H groups in total. The zero-order chi connectivity index (χ0) is 13.9. The van der Waals surface area contributed by atoms with E-state index < -0.39 is 0 Å². The van der Waals surface area contributed by atoms with Gasteiger partial charge in [0.2, 0.25) is 0 Å². The summed E-state index contributed by atoms with van der Waals surface area (Å²) in [6.45, 7) is 3.60. The van der Waals surface area contributed by atoms with Gasteiger partial charge in [0.15, 0.2) is 0 Å². The Morgan fingerprint density at radius 1 is 1.21 bits per heavy atom. The number of halogens is 1. The summed E-state index contributed by atoms with van der Waals surface area (Å²) < 4.78 is 24.0. The molecule has 4 heteroatoms. The molecular formula is C15H19FO3. The molecule has 0 atom stereocenters. The Bertz CT molecular complexity index is 435. The Labute approximate surface area is 113 Å². The van der Waals surface area contributed by atoms with Crippen LogP contribution in [0.1, 0.15) is 25.3 Å². The first-order chi connectivity index (χ1) is 9.26. The van der Waals surface area contributed by atoms with Gasteiger partial charge in [-0.1, -0.05) is 18.8 Å². The number of hydrogen-bond acceptors (Lipinski definition) is 3. The topological polar surface area (TPSA) is 38.7 Å². The van der Waals surface area contributed by atoms with Crippen molar-refractivity contribution < 1.29 is 19.0 Å². The summed E-state index contributed by atoms with van der Waals surface area (Å²) in [6.07, 6.45) is 1.34. The summed E-state index contributed by atoms with van der Waals surface area (Å²) in [5.41, 5.74) is 0.540. The fraction of sp³-hybridized carbons (Fsp3) is 0.467. The Morgan fingerprint density at radius 2 is 2.05 bits per heavy atom. The lowest BCUT2D eigenvalue weighted by Gasteiger charge is -2.07. The van der Waals surface area contributed by atoms with Crippen LogP contribution in [0.15, 0.2) is 18.2 Å². The molecule has 1 rings (SSSR count). The van der Waals surface area contributed by atoms with Crippen LogP contribution in [0, 0.1) is 17.7 Å². The van der Waals surface area contributed by atoms with E-state index in [1.165, 1.54) is 12.1 Å². The Balaban J connectivity index is 2.52. The molecule has 0 saturated heterocycles. The second-order valence-corrected chi connectivity index (χ2v) is 3.91. The van der Waals surface area contributed by atoms with Crippen molar-refractivity contribution in [1.29, 1.82) is 0 Å². The van der Waals surface area contributed by atoms with Crippen LogP contribution in [-0.2, 0) is 4.74 Å². The van der Waals surface area contributed by atoms with E-state index in [-0.39, 0.29) is 12.4 Å². The maximum atomic E-state index is 13.3. The van der Waals surface area contributed by atoms with E-state index in [1.54, 1.807) is 6.07 Å². The smallest absolute Gasteiger partial charge is 0.128 e. The van der Waals surface area contributed by atoms with Gasteiger partial charge in [-0.15, -0.1) is 0 Å². The average molecular weight is 266 g/mol. The van der Waals surface area contributed by atoms with Gasteiger partial charge in [0.05, 0.1) is 13.2 Å². The first-order valence-corrected chi connectivity index (χ1v) is 6.37. The van der Waals surface area contributed by atoms with Crippen LogP contribution in [0.2, 0.25) is 0 Å². The fourth-order valence-corrected chi connectivity index (χ4v) is 1.40. The van der Waals surface area contributed by atoms with Crippen molar-refractivity contribution in [1.82, 2.24) is 0 Å². The number of ether oxygens (including phenoxy) is 2. The zero-order valence-electron chi connectivity index (χ0n) is 11.1. The first-order valence-electron chi connectivity index (χ1n) is 6.37. The third kappa shape index (κ3) is 6.80. The third-order valence-corrected chi connectivity index (χ3v) is 2.19. The number of hydrogen-bond donors (Lipinski definition) is 1. The minimum atomic E-state index is -0.389. The molecule has 1 aromatic rings. The first kappa shape index (κ1) is 15.5. The van der Waals surface area contributed by atoms with Gasteiger partial charge >= 0.3 is 0 Å². The fourth-order valence-electron chi connectivity index (χ4n) is 1.40. The van der Waals surface area contributed by atoms with Gasteiger partial charge in [0, 0.05) is 24.7 Å². The van der Waals surface area contributed by atoms with Crippen LogP contribution in [0.25, 0.3) is 0 Å². The SMILES string of the molecule is CCCOCCOc1cc(F)cc(C#CCCO)c1. The molecule has 3 nitrogen and oxygen atoms in total. The molecule has 104 valence electrons. The molecule has 0 heterocycles. The van der Waals surface area contributed by atoms with E-state index in [2.05, 4.69) is 11.8 Å². The molecule has 0 unspecified atom stereocenters. The summed E-state index contributed by atoms with van der Waals surface area (Å²) in [7, 11) is 0. The number of benzene rings is 1. The Kier molecular flexibility index (Phi) is 7.64. The minimum Gasteiger partial charge on any atom is -0.491 e. The zero-order valence-corrected chi connectivity index (χ0v) is 11.1. The van der Waals surface area contributed by atoms with Crippen molar-refractivity contribution in [2.75, 3.05) is 26.4 Å². The van der Waals surface area contributed by atoms with Gasteiger partial charge in [0.25, 0.3) is 0 Å². The van der Waals surface area contributed by atoms with Crippen LogP contribution >= 0.6 is 0 Å². The second-order valence-electron chi connectivity index (χ2n) is 3.91. The number of aliphatic hydroxyl groups excluding tert-OH is 1. The van der Waals surface area contributed by atoms with Gasteiger partial charge < -0.3 is 14.6 Å². The van der Waals surface area contributed by atoms with Crippen LogP contribution in [-0.4, -0.2) is 31.5 Å². The maximum Gasteiger partial charge on any atom is 0.128 e. The quantitative estimate of drug-likeness (QED) is 0.608. The molecule has 0 aromatic heterocycles. The van der Waals surface area contributed by atoms with Gasteiger partial charge in [-0.25, -0.2) is 4.39 Å². The van der Waals surface area contributed by atoms with Gasteiger partial charge in [-0.2, -0.15) is 0 Å². The molecule has 19 heavy (non-hydrogen) atoms. The molecular weight excluding hydrogens is 247 g/mol. The summed E-state index contributed by atoms with van der Waals surface area (Å²) in [6, 6.07) is 4.33. The number of aliphatic hydroxyl groups is 1. The highest BCUT2D eigenvalue weighted by atomic mass is 19.1. The van der Waals surface area contributed by atoms with Crippen molar-refractivity contribution in [3.8, 4) is 17.6 Å². The molecule has 1 aromatic carbocycles. The van der Waals surface area contributed by atoms with Crippen molar-refractivity contribution in [2.45, 2.75) is 19.8 Å². The second kappa shape index (κ2) is 9.37. The van der Waals surface area contributed by atoms with Crippen LogP contribution in [0.3, 0.4) is 0 Å². The largest absolute Gasteiger partial charge is 0.491 e. The van der Waals surface area contributed by atoms with E-state index in [1.807, 2.05) is 6.92 Å². The third-order valence-electron chi connectivity index (χ3n) is 2.19. The lowest BCUT2D eigenvalue weighted by molar-refractivity contribution is 0.100. The van der Waals surface area contributed by atoms with E-state index in [0.717, 1.165) is 6.42 Å². The maximum absolute atomic E-state index is 13.3. The molecule has 0 aliphatic carbocycles. The highest BCUT2D eigenvalue weighted by molar-refractivity contribution is 5.40. The normalized spacial score (nSPS) is 9.84. The summed E-state index contributed by atoms with van der Waals surface area (Å²) in [5, 5.41) is 8.63. The standard InChI is InChI=1S/C15H19FO3/c1-2-7-18-8-9-19-15-11-13(5-3-4-6-17)10-14(16)12-15/h10-12,17H,2,4,6-9H2,1H3. The Morgan fingerprint density at radius 3 is 2.79 bits per heavy atom. The van der Waals surface area contributed by atoms with Crippen molar-refractivity contribution in [3.63, 3.8) is 0 Å². The predicted molar refractivity (Wildman–Crippen MR) is 71.6 cm³/mol. The van der Waals surface area contributed by atoms with Gasteiger partial charge in [-0.05, 0) is 18.6 Å². The molecule has 0 fully saturated rings.